The lowest BCUT2D eigenvalue weighted by atomic mass is 9.65. The zero-order valence-electron chi connectivity index (χ0n) is 8.45. The molecule has 3 aliphatic heterocycles. The van der Waals surface area contributed by atoms with E-state index >= 15 is 0 Å². The Hall–Kier alpha value is -1.10. The zero-order chi connectivity index (χ0) is 11.1. The molecule has 3 saturated heterocycles. The molecule has 0 spiro atoms. The highest BCUT2D eigenvalue weighted by atomic mass is 16.4. The molecule has 3 fully saturated rings. The van der Waals surface area contributed by atoms with E-state index in [4.69, 9.17) is 0 Å². The second kappa shape index (κ2) is 3.48. The average molecular weight is 212 g/mol. The van der Waals surface area contributed by atoms with Crippen LogP contribution in [0.4, 0.5) is 0 Å². The molecule has 0 aliphatic carbocycles. The number of carboxylic acid groups (broad SMARTS) is 2. The maximum Gasteiger partial charge on any atom is 0.0887 e. The molecule has 0 radical (unpaired) electrons. The van der Waals surface area contributed by atoms with Gasteiger partial charge in [0, 0.05) is 25.2 Å². The van der Waals surface area contributed by atoms with E-state index in [1.807, 2.05) is 0 Å². The van der Waals surface area contributed by atoms with Crippen molar-refractivity contribution in [1.29, 1.82) is 0 Å². The van der Waals surface area contributed by atoms with E-state index in [9.17, 15) is 19.8 Å². The van der Waals surface area contributed by atoms with Gasteiger partial charge in [-0.1, -0.05) is 0 Å². The van der Waals surface area contributed by atoms with Gasteiger partial charge >= 0.3 is 0 Å². The highest BCUT2D eigenvalue weighted by Gasteiger charge is 2.50. The molecule has 3 rings (SSSR count). The van der Waals surface area contributed by atoms with Crippen LogP contribution in [0.3, 0.4) is 0 Å². The lowest BCUT2D eigenvalue weighted by Crippen LogP contribution is -3.17. The summed E-state index contributed by atoms with van der Waals surface area (Å²) in [6.07, 6.45) is 1.18. The van der Waals surface area contributed by atoms with Crippen LogP contribution in [-0.4, -0.2) is 31.6 Å². The van der Waals surface area contributed by atoms with E-state index in [-0.39, 0.29) is 5.92 Å². The summed E-state index contributed by atoms with van der Waals surface area (Å²) in [6, 6.07) is 0. The van der Waals surface area contributed by atoms with E-state index < -0.39 is 23.8 Å². The predicted molar refractivity (Wildman–Crippen MR) is 45.4 cm³/mol. The first-order valence-corrected chi connectivity index (χ1v) is 5.29. The first kappa shape index (κ1) is 10.4. The van der Waals surface area contributed by atoms with Crippen molar-refractivity contribution in [3.05, 3.63) is 0 Å². The van der Waals surface area contributed by atoms with Gasteiger partial charge in [0.2, 0.25) is 0 Å². The first-order chi connectivity index (χ1) is 7.04. The van der Waals surface area contributed by atoms with E-state index in [0.717, 1.165) is 25.9 Å². The van der Waals surface area contributed by atoms with Crippen molar-refractivity contribution < 1.29 is 24.7 Å². The molecule has 1 N–H and O–H groups in total. The molecule has 0 amide bonds. The molecule has 1 atom stereocenters. The van der Waals surface area contributed by atoms with Gasteiger partial charge in [0.1, 0.15) is 0 Å². The minimum atomic E-state index is -1.28. The zero-order valence-corrected chi connectivity index (χ0v) is 8.45. The lowest BCUT2D eigenvalue weighted by Gasteiger charge is -2.51. The molecule has 0 aromatic heterocycles. The molecule has 84 valence electrons. The number of nitrogens with one attached hydrogen (secondary N) is 1. The van der Waals surface area contributed by atoms with E-state index in [0.29, 0.717) is 6.54 Å². The maximum atomic E-state index is 11.2. The van der Waals surface area contributed by atoms with E-state index in [1.165, 1.54) is 4.90 Å². The minimum Gasteiger partial charge on any atom is -0.550 e. The summed E-state index contributed by atoms with van der Waals surface area (Å²) in [7, 11) is 0. The Morgan fingerprint density at radius 1 is 1.27 bits per heavy atom. The maximum absolute atomic E-state index is 11.2. The van der Waals surface area contributed by atoms with Gasteiger partial charge in [-0.05, 0) is 5.92 Å². The number of hydrogen-bond acceptors (Lipinski definition) is 4. The van der Waals surface area contributed by atoms with Crippen LogP contribution < -0.4 is 15.1 Å². The fourth-order valence-electron chi connectivity index (χ4n) is 3.12. The molecular weight excluding hydrogens is 198 g/mol. The predicted octanol–water partition coefficient (Wildman–Crippen LogP) is -3.83. The van der Waals surface area contributed by atoms with Gasteiger partial charge in [0.15, 0.2) is 0 Å². The van der Waals surface area contributed by atoms with E-state index in [1.54, 1.807) is 0 Å². The van der Waals surface area contributed by atoms with Crippen LogP contribution >= 0.6 is 0 Å². The van der Waals surface area contributed by atoms with Crippen LogP contribution in [0.1, 0.15) is 19.3 Å². The number of carbonyl (C=O) groups is 2. The number of quaternary nitrogens is 1. The van der Waals surface area contributed by atoms with Crippen molar-refractivity contribution in [1.82, 2.24) is 0 Å². The molecule has 15 heavy (non-hydrogen) atoms. The standard InChI is InChI=1S/C10H15NO4/c12-8(13)5-10(9(14)15)6-11-3-1-7(10)2-4-11/h7H,1-6H2,(H,12,13)(H,14,15)/p-1/t10-/m0/s1. The van der Waals surface area contributed by atoms with Crippen molar-refractivity contribution >= 4 is 11.9 Å². The molecule has 5 heteroatoms. The Bertz CT molecular complexity index is 296. The largest absolute Gasteiger partial charge is 0.550 e. The number of aliphatic carboxylic acids is 2. The second-order valence-electron chi connectivity index (χ2n) is 4.69. The van der Waals surface area contributed by atoms with Crippen LogP contribution in [0.25, 0.3) is 0 Å². The number of piperidine rings is 3. The summed E-state index contributed by atoms with van der Waals surface area (Å²) in [5.74, 6) is -2.54. The third kappa shape index (κ3) is 1.61. The third-order valence-electron chi connectivity index (χ3n) is 3.91. The summed E-state index contributed by atoms with van der Waals surface area (Å²) >= 11 is 0. The average Bonchev–Trinajstić information content (AvgIpc) is 2.18. The van der Waals surface area contributed by atoms with Crippen molar-refractivity contribution in [3.63, 3.8) is 0 Å². The summed E-state index contributed by atoms with van der Waals surface area (Å²) in [5, 5.41) is 21.8. The molecular formula is C10H14NO4-. The van der Waals surface area contributed by atoms with Gasteiger partial charge < -0.3 is 24.7 Å². The first-order valence-electron chi connectivity index (χ1n) is 5.29. The molecule has 3 heterocycles. The Kier molecular flexibility index (Phi) is 2.42. The number of rotatable bonds is 3. The Labute approximate surface area is 87.7 Å². The van der Waals surface area contributed by atoms with Crippen molar-refractivity contribution in [2.75, 3.05) is 19.6 Å². The fourth-order valence-corrected chi connectivity index (χ4v) is 3.12. The van der Waals surface area contributed by atoms with Crippen LogP contribution in [0.15, 0.2) is 0 Å². The molecule has 3 aliphatic rings. The smallest absolute Gasteiger partial charge is 0.0887 e. The second-order valence-corrected chi connectivity index (χ2v) is 4.69. The SMILES string of the molecule is O=C([O-])C[C@]1(C(=O)[O-])C[NH+]2CCC1CC2. The van der Waals surface area contributed by atoms with Crippen LogP contribution in [-0.2, 0) is 9.59 Å². The quantitative estimate of drug-likeness (QED) is 0.519. The number of carbonyl (C=O) groups excluding carboxylic acids is 2. The fraction of sp³-hybridized carbons (Fsp3) is 0.800. The van der Waals surface area contributed by atoms with Crippen LogP contribution in [0.5, 0.6) is 0 Å². The molecule has 0 aromatic rings. The minimum absolute atomic E-state index is 0.0436. The molecule has 2 bridgehead atoms. The number of carboxylic acids is 2. The van der Waals surface area contributed by atoms with Gasteiger partial charge in [-0.2, -0.15) is 0 Å². The van der Waals surface area contributed by atoms with Gasteiger partial charge in [0.05, 0.1) is 31.0 Å². The van der Waals surface area contributed by atoms with Crippen LogP contribution in [0, 0.1) is 11.3 Å². The van der Waals surface area contributed by atoms with E-state index in [2.05, 4.69) is 0 Å². The summed E-state index contributed by atoms with van der Waals surface area (Å²) in [4.78, 5) is 23.0. The Morgan fingerprint density at radius 2 is 1.87 bits per heavy atom. The van der Waals surface area contributed by atoms with Crippen molar-refractivity contribution in [2.24, 2.45) is 11.3 Å². The number of fused-ring (bicyclic) bond motifs is 3. The van der Waals surface area contributed by atoms with Crippen LogP contribution in [0.2, 0.25) is 0 Å². The Balaban J connectivity index is 2.26. The highest BCUT2D eigenvalue weighted by molar-refractivity contribution is 5.80. The number of hydrogen-bond donors (Lipinski definition) is 1. The monoisotopic (exact) mass is 212 g/mol. The molecule has 0 unspecified atom stereocenters. The van der Waals surface area contributed by atoms with Gasteiger partial charge in [-0.15, -0.1) is 0 Å². The highest BCUT2D eigenvalue weighted by Crippen LogP contribution is 2.38. The topological polar surface area (TPSA) is 84.7 Å². The van der Waals surface area contributed by atoms with Gasteiger partial charge in [-0.3, -0.25) is 0 Å². The summed E-state index contributed by atoms with van der Waals surface area (Å²) in [5.41, 5.74) is -1.18. The summed E-state index contributed by atoms with van der Waals surface area (Å²) in [6.45, 7) is 2.29. The van der Waals surface area contributed by atoms with Gasteiger partial charge in [0.25, 0.3) is 0 Å². The lowest BCUT2D eigenvalue weighted by molar-refractivity contribution is -0.924. The van der Waals surface area contributed by atoms with Gasteiger partial charge in [-0.25, -0.2) is 0 Å². The normalized spacial score (nSPS) is 38.9. The Morgan fingerprint density at radius 3 is 2.20 bits per heavy atom. The van der Waals surface area contributed by atoms with Crippen molar-refractivity contribution in [3.8, 4) is 0 Å². The molecule has 0 aromatic carbocycles. The summed E-state index contributed by atoms with van der Waals surface area (Å²) < 4.78 is 0. The molecule has 5 nitrogen and oxygen atoms in total. The third-order valence-corrected chi connectivity index (χ3v) is 3.91. The van der Waals surface area contributed by atoms with Crippen molar-refractivity contribution in [2.45, 2.75) is 19.3 Å². The molecule has 0 saturated carbocycles.